The second-order valence-corrected chi connectivity index (χ2v) is 15.6. The van der Waals surface area contributed by atoms with Crippen molar-refractivity contribution in [2.24, 2.45) is 0 Å². The Labute approximate surface area is 294 Å². The minimum atomic E-state index is -3.63. The Balaban J connectivity index is 2.07. The third kappa shape index (κ3) is 9.10. The average molecular weight is 727 g/mol. The van der Waals surface area contributed by atoms with E-state index in [1.807, 2.05) is 13.8 Å². The predicted octanol–water partition coefficient (Wildman–Crippen LogP) is 9.63. The van der Waals surface area contributed by atoms with E-state index in [4.69, 9.17) is 27.6 Å². The summed E-state index contributed by atoms with van der Waals surface area (Å²) in [5.74, 6) is -0.277. The quantitative estimate of drug-likeness (QED) is 0.0524. The Hall–Kier alpha value is -3.36. The summed E-state index contributed by atoms with van der Waals surface area (Å²) in [4.78, 5) is 26.2. The molecule has 0 radical (unpaired) electrons. The van der Waals surface area contributed by atoms with Crippen molar-refractivity contribution in [3.63, 3.8) is 0 Å². The molecular formula is C38H48O10P2. The summed E-state index contributed by atoms with van der Waals surface area (Å²) in [6, 6.07) is 17.3. The molecule has 0 aliphatic heterocycles. The van der Waals surface area contributed by atoms with E-state index in [1.165, 1.54) is 0 Å². The second-order valence-electron chi connectivity index (χ2n) is 11.5. The van der Waals surface area contributed by atoms with Crippen LogP contribution in [0.25, 0.3) is 32.7 Å². The van der Waals surface area contributed by atoms with Gasteiger partial charge in [-0.25, -0.2) is 0 Å². The van der Waals surface area contributed by atoms with Gasteiger partial charge in [-0.15, -0.1) is 0 Å². The number of rotatable bonds is 19. The number of benzene rings is 4. The molecule has 0 aliphatic rings. The maximum absolute atomic E-state index is 13.8. The molecule has 4 aromatic carbocycles. The van der Waals surface area contributed by atoms with Gasteiger partial charge in [-0.2, -0.15) is 0 Å². The Kier molecular flexibility index (Phi) is 14.4. The number of ether oxygens (including phenoxy) is 2. The fourth-order valence-corrected chi connectivity index (χ4v) is 8.88. The summed E-state index contributed by atoms with van der Waals surface area (Å²) < 4.78 is 62.1. The molecule has 50 heavy (non-hydrogen) atoms. The Morgan fingerprint density at radius 2 is 0.880 bits per heavy atom. The summed E-state index contributed by atoms with van der Waals surface area (Å²) in [5, 5.41) is 3.38. The van der Waals surface area contributed by atoms with E-state index < -0.39 is 27.1 Å². The number of fused-ring (bicyclic) bond motifs is 2. The summed E-state index contributed by atoms with van der Waals surface area (Å²) in [6.07, 6.45) is 3.40. The highest BCUT2D eigenvalue weighted by atomic mass is 31.2. The molecule has 0 heterocycles. The number of esters is 2. The molecule has 0 fully saturated rings. The van der Waals surface area contributed by atoms with E-state index in [-0.39, 0.29) is 50.8 Å². The van der Waals surface area contributed by atoms with Crippen molar-refractivity contribution < 1.29 is 46.3 Å². The molecule has 0 bridgehead atoms. The molecule has 4 aromatic rings. The van der Waals surface area contributed by atoms with E-state index >= 15 is 0 Å². The lowest BCUT2D eigenvalue weighted by atomic mass is 9.92. The first-order chi connectivity index (χ1) is 24.1. The van der Waals surface area contributed by atoms with Crippen molar-refractivity contribution in [2.45, 2.75) is 80.1 Å². The van der Waals surface area contributed by atoms with Crippen LogP contribution in [0.3, 0.4) is 0 Å². The summed E-state index contributed by atoms with van der Waals surface area (Å²) in [6.45, 7) is 11.8. The molecular weight excluding hydrogens is 678 g/mol. The lowest BCUT2D eigenvalue weighted by Gasteiger charge is -2.21. The zero-order valence-electron chi connectivity index (χ0n) is 29.8. The van der Waals surface area contributed by atoms with Crippen LogP contribution < -0.4 is 20.1 Å². The standard InChI is InChI=1S/C38H48O10P2/c1-7-13-15-35(39)47-33-23-17-27-25-29(49(41,43-9-3)44-10-4)19-21-31(27)37(33)38-32-22-20-30(50(42,45-11-5)46-12-6)26-28(32)18-24-34(38)48-36(40)16-14-8-2/h17-26H,7-16H2,1-6H3. The van der Waals surface area contributed by atoms with Gasteiger partial charge in [-0.1, -0.05) is 51.0 Å². The van der Waals surface area contributed by atoms with Gasteiger partial charge in [-0.05, 0) is 98.5 Å². The predicted molar refractivity (Wildman–Crippen MR) is 198 cm³/mol. The van der Waals surface area contributed by atoms with E-state index in [0.717, 1.165) is 12.8 Å². The van der Waals surface area contributed by atoms with Gasteiger partial charge in [0.05, 0.1) is 37.0 Å². The molecule has 12 heteroatoms. The van der Waals surface area contributed by atoms with Crippen LogP contribution in [0, 0.1) is 0 Å². The number of hydrogen-bond donors (Lipinski definition) is 0. The van der Waals surface area contributed by atoms with Gasteiger partial charge < -0.3 is 27.6 Å². The van der Waals surface area contributed by atoms with Gasteiger partial charge in [0.2, 0.25) is 0 Å². The molecule has 0 N–H and O–H groups in total. The van der Waals surface area contributed by atoms with Crippen LogP contribution in [-0.4, -0.2) is 38.4 Å². The van der Waals surface area contributed by atoms with Crippen LogP contribution in [0.4, 0.5) is 0 Å². The molecule has 0 saturated heterocycles. The number of hydrogen-bond acceptors (Lipinski definition) is 10. The second kappa shape index (κ2) is 18.2. The molecule has 0 unspecified atom stereocenters. The zero-order valence-corrected chi connectivity index (χ0v) is 31.6. The fraction of sp³-hybridized carbons (Fsp3) is 0.421. The van der Waals surface area contributed by atoms with Crippen LogP contribution >= 0.6 is 15.2 Å². The minimum absolute atomic E-state index is 0.192. The number of carbonyl (C=O) groups excluding carboxylic acids is 2. The van der Waals surface area contributed by atoms with Crippen molar-refractivity contribution in [3.8, 4) is 22.6 Å². The molecule has 0 aromatic heterocycles. The van der Waals surface area contributed by atoms with Gasteiger partial charge in [-0.3, -0.25) is 18.7 Å². The van der Waals surface area contributed by atoms with Gasteiger partial charge in [0.25, 0.3) is 0 Å². The van der Waals surface area contributed by atoms with Gasteiger partial charge in [0, 0.05) is 24.0 Å². The first-order valence-electron chi connectivity index (χ1n) is 17.4. The highest BCUT2D eigenvalue weighted by Crippen LogP contribution is 2.51. The Morgan fingerprint density at radius 3 is 1.20 bits per heavy atom. The molecule has 10 nitrogen and oxygen atoms in total. The Bertz CT molecular complexity index is 1750. The van der Waals surface area contributed by atoms with Crippen molar-refractivity contribution in [1.82, 2.24) is 0 Å². The third-order valence-corrected chi connectivity index (χ3v) is 12.1. The van der Waals surface area contributed by atoms with Crippen molar-refractivity contribution >= 4 is 59.3 Å². The van der Waals surface area contributed by atoms with Crippen LogP contribution in [0.2, 0.25) is 0 Å². The molecule has 4 rings (SSSR count). The SMILES string of the molecule is CCCCC(=O)Oc1ccc2cc(P(=O)(OCC)OCC)ccc2c1-c1c(OC(=O)CCCC)ccc2cc(P(=O)(OCC)OCC)ccc12. The van der Waals surface area contributed by atoms with Gasteiger partial charge >= 0.3 is 27.1 Å². The highest BCUT2D eigenvalue weighted by molar-refractivity contribution is 7.62. The van der Waals surface area contributed by atoms with Gasteiger partial charge in [0.15, 0.2) is 0 Å². The molecule has 0 saturated carbocycles. The van der Waals surface area contributed by atoms with Crippen molar-refractivity contribution in [2.75, 3.05) is 26.4 Å². The van der Waals surface area contributed by atoms with Crippen LogP contribution in [0.15, 0.2) is 60.7 Å². The third-order valence-electron chi connectivity index (χ3n) is 7.93. The molecule has 270 valence electrons. The van der Waals surface area contributed by atoms with Crippen molar-refractivity contribution in [1.29, 1.82) is 0 Å². The topological polar surface area (TPSA) is 124 Å². The minimum Gasteiger partial charge on any atom is -0.426 e. The largest absolute Gasteiger partial charge is 0.426 e. The summed E-state index contributed by atoms with van der Waals surface area (Å²) in [7, 11) is -7.25. The fourth-order valence-electron chi connectivity index (χ4n) is 5.66. The lowest BCUT2D eigenvalue weighted by molar-refractivity contribution is -0.135. The maximum Gasteiger partial charge on any atom is 0.361 e. The van der Waals surface area contributed by atoms with Crippen LogP contribution in [-0.2, 0) is 36.8 Å². The van der Waals surface area contributed by atoms with E-state index in [9.17, 15) is 18.7 Å². The van der Waals surface area contributed by atoms with Gasteiger partial charge in [0.1, 0.15) is 11.5 Å². The monoisotopic (exact) mass is 726 g/mol. The molecule has 0 spiro atoms. The van der Waals surface area contributed by atoms with Crippen LogP contribution in [0.5, 0.6) is 11.5 Å². The summed E-state index contributed by atoms with van der Waals surface area (Å²) in [5.41, 5.74) is 0.993. The number of unbranched alkanes of at least 4 members (excludes halogenated alkanes) is 2. The lowest BCUT2D eigenvalue weighted by Crippen LogP contribution is -2.12. The smallest absolute Gasteiger partial charge is 0.361 e. The van der Waals surface area contributed by atoms with E-state index in [1.54, 1.807) is 88.4 Å². The highest BCUT2D eigenvalue weighted by Gasteiger charge is 2.30. The Morgan fingerprint density at radius 1 is 0.520 bits per heavy atom. The van der Waals surface area contributed by atoms with Crippen LogP contribution in [0.1, 0.15) is 80.1 Å². The van der Waals surface area contributed by atoms with Crippen molar-refractivity contribution in [3.05, 3.63) is 60.7 Å². The molecule has 0 aliphatic carbocycles. The molecule has 0 amide bonds. The van der Waals surface area contributed by atoms with E-state index in [0.29, 0.717) is 56.1 Å². The van der Waals surface area contributed by atoms with E-state index in [2.05, 4.69) is 0 Å². The zero-order chi connectivity index (χ0) is 36.3. The first kappa shape index (κ1) is 39.4. The average Bonchev–Trinajstić information content (AvgIpc) is 3.10. The first-order valence-corrected chi connectivity index (χ1v) is 20.5. The normalized spacial score (nSPS) is 12.0. The summed E-state index contributed by atoms with van der Waals surface area (Å²) >= 11 is 0. The molecule has 0 atom stereocenters. The maximum atomic E-state index is 13.8. The number of carbonyl (C=O) groups is 2.